The van der Waals surface area contributed by atoms with Gasteiger partial charge in [0.15, 0.2) is 17.3 Å². The van der Waals surface area contributed by atoms with Crippen LogP contribution in [0.2, 0.25) is 5.02 Å². The summed E-state index contributed by atoms with van der Waals surface area (Å²) in [6.45, 7) is 0. The van der Waals surface area contributed by atoms with Gasteiger partial charge in [-0.3, -0.25) is 14.9 Å². The van der Waals surface area contributed by atoms with Crippen LogP contribution in [0.1, 0.15) is 44.3 Å². The number of rotatable bonds is 6. The summed E-state index contributed by atoms with van der Waals surface area (Å²) in [6.07, 6.45) is 2.23. The van der Waals surface area contributed by atoms with Gasteiger partial charge in [-0.1, -0.05) is 23.7 Å². The van der Waals surface area contributed by atoms with Gasteiger partial charge in [-0.2, -0.15) is 0 Å². The minimum Gasteiger partial charge on any atom is -0.493 e. The van der Waals surface area contributed by atoms with E-state index in [1.54, 1.807) is 38.5 Å². The molecule has 1 N–H and O–H groups in total. The van der Waals surface area contributed by atoms with E-state index in [9.17, 15) is 9.59 Å². The SMILES string of the molecule is COc1cc(C2CC(=O)c3cnc(NC(=O)c4ccccc4Cl)nc3C2)cc(OC)c1OC. The van der Waals surface area contributed by atoms with Gasteiger partial charge in [0.05, 0.1) is 43.2 Å². The van der Waals surface area contributed by atoms with E-state index in [4.69, 9.17) is 25.8 Å². The molecule has 3 aromatic rings. The molecular weight excluding hydrogens is 446 g/mol. The van der Waals surface area contributed by atoms with Crippen molar-refractivity contribution < 1.29 is 23.8 Å². The number of carbonyl (C=O) groups is 2. The van der Waals surface area contributed by atoms with Crippen LogP contribution in [0.15, 0.2) is 42.6 Å². The van der Waals surface area contributed by atoms with Gasteiger partial charge in [-0.05, 0) is 42.2 Å². The first kappa shape index (κ1) is 22.5. The quantitative estimate of drug-likeness (QED) is 0.576. The number of Topliss-reactive ketones (excluding diaryl/α,β-unsaturated/α-hetero) is 1. The number of hydrogen-bond donors (Lipinski definition) is 1. The van der Waals surface area contributed by atoms with Crippen LogP contribution >= 0.6 is 11.6 Å². The number of aromatic nitrogens is 2. The lowest BCUT2D eigenvalue weighted by Gasteiger charge is -2.24. The van der Waals surface area contributed by atoms with Crippen LogP contribution in [0, 0.1) is 0 Å². The molecule has 9 heteroatoms. The highest BCUT2D eigenvalue weighted by Crippen LogP contribution is 2.42. The van der Waals surface area contributed by atoms with Crippen LogP contribution in [-0.2, 0) is 6.42 Å². The van der Waals surface area contributed by atoms with E-state index in [0.29, 0.717) is 51.9 Å². The zero-order valence-electron chi connectivity index (χ0n) is 18.3. The average Bonchev–Trinajstić information content (AvgIpc) is 2.82. The Kier molecular flexibility index (Phi) is 6.46. The molecule has 0 bridgehead atoms. The number of ketones is 1. The Labute approximate surface area is 195 Å². The number of benzene rings is 2. The maximum atomic E-state index is 12.8. The molecule has 170 valence electrons. The summed E-state index contributed by atoms with van der Waals surface area (Å²) in [5, 5.41) is 2.98. The fourth-order valence-electron chi connectivity index (χ4n) is 3.89. The van der Waals surface area contributed by atoms with Crippen LogP contribution < -0.4 is 19.5 Å². The van der Waals surface area contributed by atoms with Crippen molar-refractivity contribution in [3.8, 4) is 17.2 Å². The maximum Gasteiger partial charge on any atom is 0.259 e. The zero-order chi connectivity index (χ0) is 23.5. The number of halogens is 1. The van der Waals surface area contributed by atoms with E-state index in [2.05, 4.69) is 15.3 Å². The molecule has 2 aromatic carbocycles. The summed E-state index contributed by atoms with van der Waals surface area (Å²) >= 11 is 6.10. The molecular formula is C24H22ClN3O5. The highest BCUT2D eigenvalue weighted by Gasteiger charge is 2.30. The molecule has 0 spiro atoms. The molecule has 1 heterocycles. The standard InChI is InChI=1S/C24H22ClN3O5/c1-31-20-10-14(11-21(32-2)22(20)33-3)13-8-18-16(19(29)9-13)12-26-24(27-18)28-23(30)15-6-4-5-7-17(15)25/h4-7,10-13H,8-9H2,1-3H3,(H,26,27,28,30). The largest absolute Gasteiger partial charge is 0.493 e. The first-order chi connectivity index (χ1) is 15.9. The van der Waals surface area contributed by atoms with Gasteiger partial charge in [0.2, 0.25) is 11.7 Å². The smallest absolute Gasteiger partial charge is 0.259 e. The van der Waals surface area contributed by atoms with Crippen LogP contribution in [0.3, 0.4) is 0 Å². The van der Waals surface area contributed by atoms with Crippen LogP contribution in [0.4, 0.5) is 5.95 Å². The molecule has 1 amide bonds. The van der Waals surface area contributed by atoms with Crippen molar-refractivity contribution in [1.29, 1.82) is 0 Å². The number of amides is 1. The molecule has 4 rings (SSSR count). The van der Waals surface area contributed by atoms with Crippen molar-refractivity contribution >= 4 is 29.2 Å². The lowest BCUT2D eigenvalue weighted by molar-refractivity contribution is 0.0962. The van der Waals surface area contributed by atoms with Crippen molar-refractivity contribution in [2.75, 3.05) is 26.6 Å². The third kappa shape index (κ3) is 4.47. The highest BCUT2D eigenvalue weighted by atomic mass is 35.5. The molecule has 1 aliphatic rings. The number of nitrogens with one attached hydrogen (secondary N) is 1. The van der Waals surface area contributed by atoms with Gasteiger partial charge in [0.25, 0.3) is 5.91 Å². The number of hydrogen-bond acceptors (Lipinski definition) is 7. The van der Waals surface area contributed by atoms with Crippen molar-refractivity contribution in [1.82, 2.24) is 9.97 Å². The van der Waals surface area contributed by atoms with Gasteiger partial charge >= 0.3 is 0 Å². The zero-order valence-corrected chi connectivity index (χ0v) is 19.1. The predicted octanol–water partition coefficient (Wildman–Crippen LogP) is 4.32. The number of nitrogens with zero attached hydrogens (tertiary/aromatic N) is 2. The summed E-state index contributed by atoms with van der Waals surface area (Å²) < 4.78 is 16.3. The topological polar surface area (TPSA) is 99.6 Å². The Hall–Kier alpha value is -3.65. The minimum atomic E-state index is -0.427. The van der Waals surface area contributed by atoms with E-state index in [1.807, 2.05) is 12.1 Å². The van der Waals surface area contributed by atoms with Crippen molar-refractivity contribution in [2.24, 2.45) is 0 Å². The van der Waals surface area contributed by atoms with Gasteiger partial charge in [-0.15, -0.1) is 0 Å². The van der Waals surface area contributed by atoms with Gasteiger partial charge in [0, 0.05) is 12.6 Å². The third-order valence-corrected chi connectivity index (χ3v) is 5.87. The van der Waals surface area contributed by atoms with Crippen molar-refractivity contribution in [3.63, 3.8) is 0 Å². The predicted molar refractivity (Wildman–Crippen MR) is 123 cm³/mol. The first-order valence-electron chi connectivity index (χ1n) is 10.2. The maximum absolute atomic E-state index is 12.8. The molecule has 0 saturated carbocycles. The summed E-state index contributed by atoms with van der Waals surface area (Å²) in [5.74, 6) is 0.972. The van der Waals surface area contributed by atoms with E-state index in [0.717, 1.165) is 5.56 Å². The summed E-state index contributed by atoms with van der Waals surface area (Å²) in [6, 6.07) is 10.4. The second-order valence-electron chi connectivity index (χ2n) is 7.47. The Morgan fingerprint density at radius 3 is 2.39 bits per heavy atom. The molecule has 1 unspecified atom stereocenters. The van der Waals surface area contributed by atoms with E-state index in [-0.39, 0.29) is 17.6 Å². The van der Waals surface area contributed by atoms with Crippen LogP contribution in [0.25, 0.3) is 0 Å². The molecule has 33 heavy (non-hydrogen) atoms. The van der Waals surface area contributed by atoms with E-state index in [1.165, 1.54) is 13.3 Å². The minimum absolute atomic E-state index is 0.0704. The molecule has 1 atom stereocenters. The Morgan fingerprint density at radius 2 is 1.76 bits per heavy atom. The molecule has 1 aliphatic carbocycles. The number of fused-ring (bicyclic) bond motifs is 1. The Balaban J connectivity index is 1.63. The summed E-state index contributed by atoms with van der Waals surface area (Å²) in [4.78, 5) is 34.0. The monoisotopic (exact) mass is 467 g/mol. The molecule has 8 nitrogen and oxygen atoms in total. The molecule has 0 fully saturated rings. The fraction of sp³-hybridized carbons (Fsp3) is 0.250. The normalized spacial score (nSPS) is 14.9. The fourth-order valence-corrected chi connectivity index (χ4v) is 4.11. The van der Waals surface area contributed by atoms with Gasteiger partial charge < -0.3 is 14.2 Å². The van der Waals surface area contributed by atoms with Crippen LogP contribution in [0.5, 0.6) is 17.2 Å². The van der Waals surface area contributed by atoms with E-state index < -0.39 is 5.91 Å². The van der Waals surface area contributed by atoms with Crippen molar-refractivity contribution in [2.45, 2.75) is 18.8 Å². The van der Waals surface area contributed by atoms with Crippen LogP contribution in [-0.4, -0.2) is 43.0 Å². The number of ether oxygens (including phenoxy) is 3. The Morgan fingerprint density at radius 1 is 1.06 bits per heavy atom. The molecule has 0 radical (unpaired) electrons. The first-order valence-corrected chi connectivity index (χ1v) is 10.6. The molecule has 0 aliphatic heterocycles. The lowest BCUT2D eigenvalue weighted by atomic mass is 9.82. The second-order valence-corrected chi connectivity index (χ2v) is 7.88. The van der Waals surface area contributed by atoms with E-state index >= 15 is 0 Å². The highest BCUT2D eigenvalue weighted by molar-refractivity contribution is 6.34. The number of carbonyl (C=O) groups excluding carboxylic acids is 2. The lowest BCUT2D eigenvalue weighted by Crippen LogP contribution is -2.22. The number of anilines is 1. The Bertz CT molecular complexity index is 1210. The summed E-state index contributed by atoms with van der Waals surface area (Å²) in [5.41, 5.74) is 2.19. The van der Waals surface area contributed by atoms with Gasteiger partial charge in [0.1, 0.15) is 0 Å². The second kappa shape index (κ2) is 9.46. The third-order valence-electron chi connectivity index (χ3n) is 5.54. The van der Waals surface area contributed by atoms with Gasteiger partial charge in [-0.25, -0.2) is 9.97 Å². The molecule has 1 aromatic heterocycles. The summed E-state index contributed by atoms with van der Waals surface area (Å²) in [7, 11) is 4.63. The number of methoxy groups -OCH3 is 3. The average molecular weight is 468 g/mol. The van der Waals surface area contributed by atoms with Crippen molar-refractivity contribution in [3.05, 3.63) is 70.0 Å². The molecule has 0 saturated heterocycles.